The number of urea groups is 1. The van der Waals surface area contributed by atoms with Crippen molar-refractivity contribution in [2.45, 2.75) is 6.42 Å². The highest BCUT2D eigenvalue weighted by atomic mass is 19.1. The maximum Gasteiger partial charge on any atom is 0.331 e. The van der Waals surface area contributed by atoms with Crippen molar-refractivity contribution in [1.29, 1.82) is 0 Å². The van der Waals surface area contributed by atoms with Crippen LogP contribution in [0.5, 0.6) is 5.75 Å². The van der Waals surface area contributed by atoms with Crippen LogP contribution in [0.25, 0.3) is 6.08 Å². The number of hydrogen-bond donors (Lipinski definition) is 1. The molecule has 7 heteroatoms. The van der Waals surface area contributed by atoms with Crippen LogP contribution in [-0.2, 0) is 16.0 Å². The molecule has 4 amide bonds. The maximum atomic E-state index is 13.0. The topological polar surface area (TPSA) is 75.7 Å². The van der Waals surface area contributed by atoms with E-state index in [-0.39, 0.29) is 17.9 Å². The standard InChI is InChI=1S/C20H17FN2O4/c1-27-17-5-3-2-4-14(17)12-16-18(24)22-20(26)23(19(16)25)11-10-13-6-8-15(21)9-7-13/h2-9,12H,10-11H2,1H3,(H,22,24,26)/b16-12-. The van der Waals surface area contributed by atoms with Gasteiger partial charge in [-0.2, -0.15) is 0 Å². The van der Waals surface area contributed by atoms with Gasteiger partial charge in [-0.25, -0.2) is 9.18 Å². The highest BCUT2D eigenvalue weighted by molar-refractivity contribution is 6.31. The quantitative estimate of drug-likeness (QED) is 0.650. The molecule has 0 atom stereocenters. The maximum absolute atomic E-state index is 13.0. The summed E-state index contributed by atoms with van der Waals surface area (Å²) in [5.74, 6) is -1.30. The summed E-state index contributed by atoms with van der Waals surface area (Å²) in [6, 6.07) is 11.9. The minimum atomic E-state index is -0.774. The lowest BCUT2D eigenvalue weighted by Gasteiger charge is -2.26. The summed E-state index contributed by atoms with van der Waals surface area (Å²) in [7, 11) is 1.48. The van der Waals surface area contributed by atoms with Gasteiger partial charge in [0.1, 0.15) is 17.1 Å². The number of benzene rings is 2. The number of nitrogens with zero attached hydrogens (tertiary/aromatic N) is 1. The normalized spacial score (nSPS) is 15.9. The van der Waals surface area contributed by atoms with Gasteiger partial charge in [0.25, 0.3) is 11.8 Å². The molecule has 0 saturated carbocycles. The summed E-state index contributed by atoms with van der Waals surface area (Å²) in [5.41, 5.74) is 1.16. The van der Waals surface area contributed by atoms with Gasteiger partial charge in [0.2, 0.25) is 0 Å². The Bertz CT molecular complexity index is 922. The monoisotopic (exact) mass is 368 g/mol. The van der Waals surface area contributed by atoms with Gasteiger partial charge >= 0.3 is 6.03 Å². The molecule has 138 valence electrons. The molecule has 1 aliphatic rings. The van der Waals surface area contributed by atoms with Crippen LogP contribution in [0.4, 0.5) is 9.18 Å². The van der Waals surface area contributed by atoms with Crippen LogP contribution in [-0.4, -0.2) is 36.4 Å². The molecular formula is C20H17FN2O4. The summed E-state index contributed by atoms with van der Waals surface area (Å²) in [4.78, 5) is 37.9. The number of ether oxygens (including phenoxy) is 1. The first kappa shape index (κ1) is 18.3. The number of carbonyl (C=O) groups is 3. The second kappa shape index (κ2) is 7.82. The van der Waals surface area contributed by atoms with Gasteiger partial charge in [0, 0.05) is 12.1 Å². The van der Waals surface area contributed by atoms with E-state index in [9.17, 15) is 18.8 Å². The molecular weight excluding hydrogens is 351 g/mol. The SMILES string of the molecule is COc1ccccc1/C=C1/C(=O)NC(=O)N(CCc2ccc(F)cc2)C1=O. The molecule has 1 heterocycles. The van der Waals surface area contributed by atoms with E-state index in [0.717, 1.165) is 10.5 Å². The van der Waals surface area contributed by atoms with Crippen molar-refractivity contribution in [1.82, 2.24) is 10.2 Å². The molecule has 2 aromatic carbocycles. The van der Waals surface area contributed by atoms with Gasteiger partial charge in [0.05, 0.1) is 7.11 Å². The minimum Gasteiger partial charge on any atom is -0.496 e. The lowest BCUT2D eigenvalue weighted by molar-refractivity contribution is -0.130. The third-order valence-corrected chi connectivity index (χ3v) is 4.16. The Morgan fingerprint density at radius 3 is 2.48 bits per heavy atom. The Morgan fingerprint density at radius 2 is 1.78 bits per heavy atom. The fourth-order valence-corrected chi connectivity index (χ4v) is 2.73. The molecule has 0 aliphatic carbocycles. The number of halogens is 1. The van der Waals surface area contributed by atoms with Crippen LogP contribution in [0.1, 0.15) is 11.1 Å². The Labute approximate surface area is 155 Å². The third kappa shape index (κ3) is 4.03. The van der Waals surface area contributed by atoms with E-state index in [1.165, 1.54) is 25.3 Å². The lowest BCUT2D eigenvalue weighted by Crippen LogP contribution is -2.54. The van der Waals surface area contributed by atoms with Crippen LogP contribution in [0, 0.1) is 5.82 Å². The molecule has 1 saturated heterocycles. The zero-order valence-corrected chi connectivity index (χ0v) is 14.6. The summed E-state index contributed by atoms with van der Waals surface area (Å²) < 4.78 is 18.2. The average Bonchev–Trinajstić information content (AvgIpc) is 2.66. The molecule has 6 nitrogen and oxygen atoms in total. The number of nitrogens with one attached hydrogen (secondary N) is 1. The zero-order chi connectivity index (χ0) is 19.4. The fraction of sp³-hybridized carbons (Fsp3) is 0.150. The first-order valence-electron chi connectivity index (χ1n) is 8.26. The first-order valence-corrected chi connectivity index (χ1v) is 8.26. The summed E-state index contributed by atoms with van der Waals surface area (Å²) in [6.07, 6.45) is 1.74. The van der Waals surface area contributed by atoms with Crippen molar-refractivity contribution >= 4 is 23.9 Å². The van der Waals surface area contributed by atoms with Crippen molar-refractivity contribution in [2.24, 2.45) is 0 Å². The number of para-hydroxylation sites is 1. The molecule has 0 spiro atoms. The second-order valence-electron chi connectivity index (χ2n) is 5.89. The van der Waals surface area contributed by atoms with E-state index in [1.54, 1.807) is 36.4 Å². The van der Waals surface area contributed by atoms with Gasteiger partial charge in [-0.3, -0.25) is 19.8 Å². The number of methoxy groups -OCH3 is 1. The van der Waals surface area contributed by atoms with Crippen molar-refractivity contribution in [3.8, 4) is 5.75 Å². The van der Waals surface area contributed by atoms with Gasteiger partial charge in [-0.05, 0) is 36.3 Å². The number of amides is 4. The molecule has 0 aromatic heterocycles. The van der Waals surface area contributed by atoms with Crippen LogP contribution in [0.2, 0.25) is 0 Å². The Balaban J connectivity index is 1.83. The lowest BCUT2D eigenvalue weighted by atomic mass is 10.1. The van der Waals surface area contributed by atoms with E-state index < -0.39 is 17.8 Å². The molecule has 0 unspecified atom stereocenters. The number of hydrogen-bond acceptors (Lipinski definition) is 4. The minimum absolute atomic E-state index is 0.0623. The largest absolute Gasteiger partial charge is 0.496 e. The summed E-state index contributed by atoms with van der Waals surface area (Å²) >= 11 is 0. The van der Waals surface area contributed by atoms with Crippen LogP contribution >= 0.6 is 0 Å². The highest BCUT2D eigenvalue weighted by Crippen LogP contribution is 2.22. The molecule has 0 bridgehead atoms. The molecule has 27 heavy (non-hydrogen) atoms. The third-order valence-electron chi connectivity index (χ3n) is 4.16. The Hall–Kier alpha value is -3.48. The first-order chi connectivity index (χ1) is 13.0. The molecule has 3 rings (SSSR count). The smallest absolute Gasteiger partial charge is 0.331 e. The van der Waals surface area contributed by atoms with E-state index in [4.69, 9.17) is 4.74 Å². The van der Waals surface area contributed by atoms with E-state index in [0.29, 0.717) is 17.7 Å². The van der Waals surface area contributed by atoms with Crippen molar-refractivity contribution in [3.05, 3.63) is 71.0 Å². The second-order valence-corrected chi connectivity index (χ2v) is 5.89. The molecule has 1 aliphatic heterocycles. The number of carbonyl (C=O) groups excluding carboxylic acids is 3. The predicted molar refractivity (Wildman–Crippen MR) is 96.3 cm³/mol. The van der Waals surface area contributed by atoms with Crippen LogP contribution in [0.15, 0.2) is 54.1 Å². The van der Waals surface area contributed by atoms with E-state index in [1.807, 2.05) is 0 Å². The molecule has 1 fully saturated rings. The van der Waals surface area contributed by atoms with Crippen LogP contribution < -0.4 is 10.1 Å². The average molecular weight is 368 g/mol. The fourth-order valence-electron chi connectivity index (χ4n) is 2.73. The zero-order valence-electron chi connectivity index (χ0n) is 14.6. The van der Waals surface area contributed by atoms with Crippen LogP contribution in [0.3, 0.4) is 0 Å². The van der Waals surface area contributed by atoms with Crippen molar-refractivity contribution in [2.75, 3.05) is 13.7 Å². The number of barbiturate groups is 1. The Kier molecular flexibility index (Phi) is 5.30. The van der Waals surface area contributed by atoms with Gasteiger partial charge in [-0.15, -0.1) is 0 Å². The van der Waals surface area contributed by atoms with Gasteiger partial charge in [0.15, 0.2) is 0 Å². The molecule has 0 radical (unpaired) electrons. The van der Waals surface area contributed by atoms with Gasteiger partial charge in [-0.1, -0.05) is 30.3 Å². The molecule has 1 N–H and O–H groups in total. The summed E-state index contributed by atoms with van der Waals surface area (Å²) in [6.45, 7) is 0.0623. The van der Waals surface area contributed by atoms with Crippen molar-refractivity contribution < 1.29 is 23.5 Å². The molecule has 2 aromatic rings. The van der Waals surface area contributed by atoms with Gasteiger partial charge < -0.3 is 4.74 Å². The number of imide groups is 2. The van der Waals surface area contributed by atoms with Crippen molar-refractivity contribution in [3.63, 3.8) is 0 Å². The van der Waals surface area contributed by atoms with E-state index in [2.05, 4.69) is 5.32 Å². The highest BCUT2D eigenvalue weighted by Gasteiger charge is 2.35. The predicted octanol–water partition coefficient (Wildman–Crippen LogP) is 2.54. The van der Waals surface area contributed by atoms with E-state index >= 15 is 0 Å². The summed E-state index contributed by atoms with van der Waals surface area (Å²) in [5, 5.41) is 2.17. The Morgan fingerprint density at radius 1 is 1.07 bits per heavy atom. The number of rotatable bonds is 5.